The minimum Gasteiger partial charge on any atom is -0.289 e. The minimum absolute atomic E-state index is 0.0383. The molecule has 0 aliphatic carbocycles. The molecule has 0 spiro atoms. The summed E-state index contributed by atoms with van der Waals surface area (Å²) >= 11 is 2.35. The van der Waals surface area contributed by atoms with Gasteiger partial charge in [0.1, 0.15) is 4.83 Å². The lowest BCUT2D eigenvalue weighted by Gasteiger charge is -2.11. The van der Waals surface area contributed by atoms with Gasteiger partial charge < -0.3 is 0 Å². The van der Waals surface area contributed by atoms with Crippen molar-refractivity contribution in [3.05, 3.63) is 51.8 Å². The van der Waals surface area contributed by atoms with Crippen molar-refractivity contribution in [1.82, 2.24) is 14.1 Å². The van der Waals surface area contributed by atoms with E-state index < -0.39 is 38.1 Å². The van der Waals surface area contributed by atoms with Gasteiger partial charge >= 0.3 is 6.18 Å². The number of imidazole rings is 1. The zero-order chi connectivity index (χ0) is 21.0. The van der Waals surface area contributed by atoms with E-state index in [1.165, 1.54) is 23.5 Å². The standard InChI is InChI=1S/C16H7F3N4O3S3/c17-16(18,19)10-5-9(2-1-8(10)7-20)29(25,26)22-13(24)12-6-11-14(28-12)21-15-23(11)3-4-27-15/h1-6H,(H,22,24). The number of thiophene rings is 1. The number of hydrogen-bond donors (Lipinski definition) is 1. The molecule has 4 aromatic rings. The van der Waals surface area contributed by atoms with Crippen LogP contribution in [0.15, 0.2) is 40.7 Å². The van der Waals surface area contributed by atoms with Crippen LogP contribution in [0.5, 0.6) is 0 Å². The molecule has 29 heavy (non-hydrogen) atoms. The number of alkyl halides is 3. The molecule has 1 aromatic carbocycles. The molecule has 13 heteroatoms. The maximum atomic E-state index is 13.1. The number of halogens is 3. The van der Waals surface area contributed by atoms with Gasteiger partial charge in [-0.15, -0.1) is 22.7 Å². The van der Waals surface area contributed by atoms with E-state index in [0.29, 0.717) is 21.4 Å². The summed E-state index contributed by atoms with van der Waals surface area (Å²) in [6.07, 6.45) is -3.18. The molecule has 3 aromatic heterocycles. The molecule has 4 rings (SSSR count). The van der Waals surface area contributed by atoms with E-state index in [1.54, 1.807) is 20.7 Å². The summed E-state index contributed by atoms with van der Waals surface area (Å²) in [5.41, 5.74) is -1.50. The maximum absolute atomic E-state index is 13.1. The van der Waals surface area contributed by atoms with Gasteiger partial charge in [0.25, 0.3) is 15.9 Å². The number of carbonyl (C=O) groups excluding carboxylic acids is 1. The first-order valence-corrected chi connectivity index (χ1v) is 10.8. The molecule has 0 saturated carbocycles. The minimum atomic E-state index is -4.92. The molecule has 0 unspecified atom stereocenters. The van der Waals surface area contributed by atoms with Gasteiger partial charge in [0.15, 0.2) is 4.96 Å². The predicted octanol–water partition coefficient (Wildman–Crippen LogP) is 3.62. The van der Waals surface area contributed by atoms with E-state index in [9.17, 15) is 26.4 Å². The highest BCUT2D eigenvalue weighted by atomic mass is 32.2. The number of benzene rings is 1. The first-order valence-electron chi connectivity index (χ1n) is 7.64. The zero-order valence-corrected chi connectivity index (χ0v) is 16.3. The number of nitrogens with one attached hydrogen (secondary N) is 1. The Hall–Kier alpha value is -2.95. The third-order valence-electron chi connectivity index (χ3n) is 3.92. The number of fused-ring (bicyclic) bond motifs is 3. The summed E-state index contributed by atoms with van der Waals surface area (Å²) < 4.78 is 67.6. The van der Waals surface area contributed by atoms with Gasteiger partial charge in [-0.25, -0.2) is 18.1 Å². The number of sulfonamides is 1. The van der Waals surface area contributed by atoms with E-state index in [0.717, 1.165) is 23.5 Å². The topological polar surface area (TPSA) is 104 Å². The number of nitrogens with zero attached hydrogens (tertiary/aromatic N) is 3. The fourth-order valence-electron chi connectivity index (χ4n) is 2.61. The summed E-state index contributed by atoms with van der Waals surface area (Å²) in [6, 6.07) is 4.72. The van der Waals surface area contributed by atoms with Crippen molar-refractivity contribution in [2.45, 2.75) is 11.1 Å². The molecule has 1 N–H and O–H groups in total. The average Bonchev–Trinajstić information content (AvgIpc) is 3.32. The number of rotatable bonds is 3. The van der Waals surface area contributed by atoms with Gasteiger partial charge in [-0.3, -0.25) is 9.20 Å². The Morgan fingerprint density at radius 3 is 2.72 bits per heavy atom. The molecule has 7 nitrogen and oxygen atoms in total. The second-order valence-corrected chi connectivity index (χ2v) is 9.31. The molecule has 1 amide bonds. The smallest absolute Gasteiger partial charge is 0.289 e. The quantitative estimate of drug-likeness (QED) is 0.507. The average molecular weight is 456 g/mol. The molecule has 0 aliphatic heterocycles. The van der Waals surface area contributed by atoms with E-state index in [-0.39, 0.29) is 4.88 Å². The van der Waals surface area contributed by atoms with E-state index in [4.69, 9.17) is 5.26 Å². The van der Waals surface area contributed by atoms with Crippen LogP contribution in [0.3, 0.4) is 0 Å². The summed E-state index contributed by atoms with van der Waals surface area (Å²) in [5.74, 6) is -0.991. The number of thiazole rings is 1. The van der Waals surface area contributed by atoms with Crippen LogP contribution in [0.1, 0.15) is 20.8 Å². The molecule has 0 fully saturated rings. The van der Waals surface area contributed by atoms with Crippen LogP contribution < -0.4 is 4.72 Å². The first-order chi connectivity index (χ1) is 13.6. The summed E-state index contributed by atoms with van der Waals surface area (Å²) in [7, 11) is -4.60. The maximum Gasteiger partial charge on any atom is 0.417 e. The number of carbonyl (C=O) groups is 1. The van der Waals surface area contributed by atoms with Crippen LogP contribution in [0.2, 0.25) is 0 Å². The summed E-state index contributed by atoms with van der Waals surface area (Å²) in [5, 5.41) is 10.6. The highest BCUT2D eigenvalue weighted by Gasteiger charge is 2.35. The highest BCUT2D eigenvalue weighted by Crippen LogP contribution is 2.33. The Bertz CT molecular complexity index is 1420. The molecule has 0 bridgehead atoms. The summed E-state index contributed by atoms with van der Waals surface area (Å²) in [4.78, 5) is 17.2. The Kier molecular flexibility index (Phi) is 4.37. The third-order valence-corrected chi connectivity index (χ3v) is 7.02. The van der Waals surface area contributed by atoms with Crippen LogP contribution in [-0.2, 0) is 16.2 Å². The molecule has 3 heterocycles. The summed E-state index contributed by atoms with van der Waals surface area (Å²) in [6.45, 7) is 0. The third kappa shape index (κ3) is 3.35. The van der Waals surface area contributed by atoms with E-state index in [2.05, 4.69) is 4.98 Å². The number of nitriles is 1. The SMILES string of the molecule is N#Cc1ccc(S(=O)(=O)NC(=O)c2cc3c(nc4sccn43)s2)cc1C(F)(F)F. The zero-order valence-electron chi connectivity index (χ0n) is 13.9. The monoisotopic (exact) mass is 456 g/mol. The Morgan fingerprint density at radius 2 is 2.03 bits per heavy atom. The van der Waals surface area contributed by atoms with Crippen molar-refractivity contribution in [1.29, 1.82) is 5.26 Å². The number of amides is 1. The predicted molar refractivity (Wildman–Crippen MR) is 99.3 cm³/mol. The molecule has 0 radical (unpaired) electrons. The highest BCUT2D eigenvalue weighted by molar-refractivity contribution is 7.90. The normalized spacial score (nSPS) is 12.3. The van der Waals surface area contributed by atoms with Crippen LogP contribution in [0.4, 0.5) is 13.2 Å². The van der Waals surface area contributed by atoms with Crippen molar-refractivity contribution in [3.8, 4) is 6.07 Å². The van der Waals surface area contributed by atoms with Crippen molar-refractivity contribution in [2.75, 3.05) is 0 Å². The molecule has 0 saturated heterocycles. The fourth-order valence-corrected chi connectivity index (χ4v) is 5.37. The van der Waals surface area contributed by atoms with Gasteiger partial charge in [0.2, 0.25) is 0 Å². The number of hydrogen-bond acceptors (Lipinski definition) is 7. The van der Waals surface area contributed by atoms with Crippen LogP contribution >= 0.6 is 22.7 Å². The molecule has 0 aliphatic rings. The van der Waals surface area contributed by atoms with E-state index in [1.807, 2.05) is 0 Å². The lowest BCUT2D eigenvalue weighted by atomic mass is 10.1. The second-order valence-electron chi connectivity index (χ2n) is 5.72. The van der Waals surface area contributed by atoms with Crippen molar-refractivity contribution in [3.63, 3.8) is 0 Å². The van der Waals surface area contributed by atoms with Crippen LogP contribution in [-0.4, -0.2) is 23.7 Å². The van der Waals surface area contributed by atoms with Gasteiger partial charge in [-0.1, -0.05) is 0 Å². The number of aromatic nitrogens is 2. The fraction of sp³-hybridized carbons (Fsp3) is 0.0625. The Balaban J connectivity index is 1.67. The molecular weight excluding hydrogens is 449 g/mol. The van der Waals surface area contributed by atoms with Gasteiger partial charge in [0, 0.05) is 11.6 Å². The lowest BCUT2D eigenvalue weighted by Crippen LogP contribution is -2.30. The van der Waals surface area contributed by atoms with Crippen LogP contribution in [0.25, 0.3) is 15.3 Å². The first kappa shape index (κ1) is 19.4. The van der Waals surface area contributed by atoms with E-state index >= 15 is 0 Å². The lowest BCUT2D eigenvalue weighted by molar-refractivity contribution is -0.137. The van der Waals surface area contributed by atoms with Crippen molar-refractivity contribution < 1.29 is 26.4 Å². The van der Waals surface area contributed by atoms with Crippen molar-refractivity contribution in [2.24, 2.45) is 0 Å². The van der Waals surface area contributed by atoms with Gasteiger partial charge in [0.05, 0.1) is 32.5 Å². The molecular formula is C16H7F3N4O3S3. The second kappa shape index (κ2) is 6.55. The molecule has 148 valence electrons. The largest absolute Gasteiger partial charge is 0.417 e. The molecule has 0 atom stereocenters. The Morgan fingerprint density at radius 1 is 1.28 bits per heavy atom. The Labute approximate surface area is 168 Å². The van der Waals surface area contributed by atoms with Gasteiger partial charge in [-0.2, -0.15) is 18.4 Å². The van der Waals surface area contributed by atoms with Gasteiger partial charge in [-0.05, 0) is 24.3 Å². The van der Waals surface area contributed by atoms with Crippen molar-refractivity contribution >= 4 is 53.9 Å². The van der Waals surface area contributed by atoms with Crippen LogP contribution in [0, 0.1) is 11.3 Å².